The third kappa shape index (κ3) is 4.71. The van der Waals surface area contributed by atoms with Crippen molar-refractivity contribution in [3.05, 3.63) is 101 Å². The highest BCUT2D eigenvalue weighted by Crippen LogP contribution is 2.19. The number of nitrogens with one attached hydrogen (secondary N) is 1. The summed E-state index contributed by atoms with van der Waals surface area (Å²) in [5, 5.41) is 11.7. The highest BCUT2D eigenvalue weighted by molar-refractivity contribution is 5.94. The lowest BCUT2D eigenvalue weighted by atomic mass is 10.1. The molecule has 140 valence electrons. The van der Waals surface area contributed by atoms with E-state index in [9.17, 15) is 18.8 Å². The summed E-state index contributed by atoms with van der Waals surface area (Å²) in [6, 6.07) is 19.4. The van der Waals surface area contributed by atoms with Gasteiger partial charge in [0.1, 0.15) is 30.0 Å². The average molecular weight is 378 g/mol. The fourth-order valence-electron chi connectivity index (χ4n) is 2.57. The number of hydrogen-bond acceptors (Lipinski definition) is 3. The molecule has 0 heterocycles. The molecule has 1 unspecified atom stereocenters. The molecule has 0 bridgehead atoms. The molecular formula is C22H16F2N2O2. The largest absolute Gasteiger partial charge is 0.489 e. The Labute approximate surface area is 161 Å². The van der Waals surface area contributed by atoms with Crippen molar-refractivity contribution in [2.45, 2.75) is 12.6 Å². The Kier molecular flexibility index (Phi) is 5.97. The minimum Gasteiger partial charge on any atom is -0.489 e. The molecule has 0 aliphatic rings. The van der Waals surface area contributed by atoms with Gasteiger partial charge in [-0.25, -0.2) is 8.78 Å². The second-order valence-electron chi connectivity index (χ2n) is 6.00. The van der Waals surface area contributed by atoms with Crippen molar-refractivity contribution in [2.75, 3.05) is 0 Å². The van der Waals surface area contributed by atoms with Crippen LogP contribution in [0.1, 0.15) is 27.5 Å². The van der Waals surface area contributed by atoms with Gasteiger partial charge in [-0.3, -0.25) is 4.79 Å². The number of halogens is 2. The fraction of sp³-hybridized carbons (Fsp3) is 0.0909. The molecule has 28 heavy (non-hydrogen) atoms. The molecular weight excluding hydrogens is 362 g/mol. The van der Waals surface area contributed by atoms with Crippen LogP contribution >= 0.6 is 0 Å². The molecule has 1 amide bonds. The van der Waals surface area contributed by atoms with Crippen LogP contribution in [-0.2, 0) is 6.61 Å². The first kappa shape index (κ1) is 19.1. The van der Waals surface area contributed by atoms with Crippen LogP contribution < -0.4 is 10.1 Å². The number of hydrogen-bond donors (Lipinski definition) is 1. The Morgan fingerprint density at radius 1 is 1.04 bits per heavy atom. The smallest absolute Gasteiger partial charge is 0.252 e. The van der Waals surface area contributed by atoms with E-state index < -0.39 is 23.6 Å². The van der Waals surface area contributed by atoms with E-state index in [1.165, 1.54) is 0 Å². The highest BCUT2D eigenvalue weighted by Gasteiger charge is 2.19. The van der Waals surface area contributed by atoms with Gasteiger partial charge in [0.15, 0.2) is 0 Å². The van der Waals surface area contributed by atoms with Crippen molar-refractivity contribution in [3.8, 4) is 11.8 Å². The number of rotatable bonds is 6. The molecule has 3 rings (SSSR count). The van der Waals surface area contributed by atoms with Gasteiger partial charge >= 0.3 is 0 Å². The summed E-state index contributed by atoms with van der Waals surface area (Å²) in [5.74, 6) is -1.61. The number of nitrogens with zero attached hydrogens (tertiary/aromatic N) is 1. The first-order valence-corrected chi connectivity index (χ1v) is 8.49. The number of benzene rings is 3. The predicted octanol–water partition coefficient (Wildman–Crippen LogP) is 4.54. The van der Waals surface area contributed by atoms with Crippen LogP contribution in [-0.4, -0.2) is 5.91 Å². The summed E-state index contributed by atoms with van der Waals surface area (Å²) in [4.78, 5) is 12.4. The van der Waals surface area contributed by atoms with Gasteiger partial charge in [0, 0.05) is 17.2 Å². The van der Waals surface area contributed by atoms with E-state index in [4.69, 9.17) is 4.74 Å². The summed E-state index contributed by atoms with van der Waals surface area (Å²) in [6.07, 6.45) is 0. The Bertz CT molecular complexity index is 999. The number of nitriles is 1. The van der Waals surface area contributed by atoms with Crippen molar-refractivity contribution in [1.82, 2.24) is 5.32 Å². The van der Waals surface area contributed by atoms with Gasteiger partial charge in [-0.1, -0.05) is 36.4 Å². The molecule has 0 aliphatic carbocycles. The van der Waals surface area contributed by atoms with Crippen molar-refractivity contribution >= 4 is 5.91 Å². The van der Waals surface area contributed by atoms with Gasteiger partial charge in [-0.2, -0.15) is 5.26 Å². The Balaban J connectivity index is 1.64. The van der Waals surface area contributed by atoms with Crippen molar-refractivity contribution in [3.63, 3.8) is 0 Å². The Morgan fingerprint density at radius 3 is 2.39 bits per heavy atom. The minimum absolute atomic E-state index is 0.0972. The van der Waals surface area contributed by atoms with Gasteiger partial charge < -0.3 is 10.1 Å². The number of ether oxygens (including phenoxy) is 1. The Hall–Kier alpha value is -3.72. The summed E-state index contributed by atoms with van der Waals surface area (Å²) in [5.41, 5.74) is 1.21. The summed E-state index contributed by atoms with van der Waals surface area (Å²) in [6.45, 7) is 0.396. The normalized spacial score (nSPS) is 11.3. The summed E-state index contributed by atoms with van der Waals surface area (Å²) < 4.78 is 32.5. The molecule has 0 saturated heterocycles. The molecule has 0 aromatic heterocycles. The molecule has 3 aromatic rings. The van der Waals surface area contributed by atoms with Gasteiger partial charge in [0.25, 0.3) is 5.91 Å². The van der Waals surface area contributed by atoms with Gasteiger partial charge in [0.2, 0.25) is 0 Å². The van der Waals surface area contributed by atoms with E-state index in [1.807, 2.05) is 36.4 Å². The maximum Gasteiger partial charge on any atom is 0.252 e. The van der Waals surface area contributed by atoms with Crippen LogP contribution in [0.25, 0.3) is 0 Å². The first-order chi connectivity index (χ1) is 13.6. The molecule has 0 fully saturated rings. The second kappa shape index (κ2) is 8.78. The van der Waals surface area contributed by atoms with Crippen LogP contribution in [0.2, 0.25) is 0 Å². The standard InChI is InChI=1S/C22H16F2N2O2/c23-17-8-11-19(20(24)12-17)21(13-25)26-22(27)16-6-9-18(10-7-16)28-14-15-4-2-1-3-5-15/h1-12,21H,14H2,(H,26,27). The number of carbonyl (C=O) groups excluding carboxylic acids is 1. The number of amides is 1. The zero-order valence-corrected chi connectivity index (χ0v) is 14.7. The average Bonchev–Trinajstić information content (AvgIpc) is 2.72. The maximum atomic E-state index is 13.9. The molecule has 0 radical (unpaired) electrons. The molecule has 1 atom stereocenters. The monoisotopic (exact) mass is 378 g/mol. The SMILES string of the molecule is N#CC(NC(=O)c1ccc(OCc2ccccc2)cc1)c1ccc(F)cc1F. The zero-order valence-electron chi connectivity index (χ0n) is 14.7. The first-order valence-electron chi connectivity index (χ1n) is 8.49. The molecule has 0 spiro atoms. The minimum atomic E-state index is -1.23. The van der Waals surface area contributed by atoms with Crippen LogP contribution in [0.5, 0.6) is 5.75 Å². The lowest BCUT2D eigenvalue weighted by Gasteiger charge is -2.13. The van der Waals surface area contributed by atoms with Crippen LogP contribution in [0.4, 0.5) is 8.78 Å². The molecule has 0 aliphatic heterocycles. The maximum absolute atomic E-state index is 13.9. The summed E-state index contributed by atoms with van der Waals surface area (Å²) in [7, 11) is 0. The van der Waals surface area contributed by atoms with Crippen LogP contribution in [0, 0.1) is 23.0 Å². The fourth-order valence-corrected chi connectivity index (χ4v) is 2.57. The third-order valence-corrected chi connectivity index (χ3v) is 4.04. The zero-order chi connectivity index (χ0) is 19.9. The van der Waals surface area contributed by atoms with E-state index in [0.29, 0.717) is 18.4 Å². The van der Waals surface area contributed by atoms with E-state index in [-0.39, 0.29) is 11.1 Å². The molecule has 1 N–H and O–H groups in total. The lowest BCUT2D eigenvalue weighted by molar-refractivity contribution is 0.0944. The van der Waals surface area contributed by atoms with Crippen LogP contribution in [0.15, 0.2) is 72.8 Å². The third-order valence-electron chi connectivity index (χ3n) is 4.04. The van der Waals surface area contributed by atoms with E-state index in [1.54, 1.807) is 24.3 Å². The van der Waals surface area contributed by atoms with Crippen molar-refractivity contribution < 1.29 is 18.3 Å². The van der Waals surface area contributed by atoms with Gasteiger partial charge in [-0.05, 0) is 35.9 Å². The van der Waals surface area contributed by atoms with Gasteiger partial charge in [0.05, 0.1) is 6.07 Å². The molecule has 3 aromatic carbocycles. The quantitative estimate of drug-likeness (QED) is 0.685. The molecule has 0 saturated carbocycles. The van der Waals surface area contributed by atoms with Crippen LogP contribution in [0.3, 0.4) is 0 Å². The Morgan fingerprint density at radius 2 is 1.75 bits per heavy atom. The second-order valence-corrected chi connectivity index (χ2v) is 6.00. The van der Waals surface area contributed by atoms with E-state index in [2.05, 4.69) is 5.32 Å². The summed E-state index contributed by atoms with van der Waals surface area (Å²) >= 11 is 0. The van der Waals surface area contributed by atoms with E-state index in [0.717, 1.165) is 17.7 Å². The predicted molar refractivity (Wildman–Crippen MR) is 99.4 cm³/mol. The highest BCUT2D eigenvalue weighted by atomic mass is 19.1. The number of carbonyl (C=O) groups is 1. The van der Waals surface area contributed by atoms with Gasteiger partial charge in [-0.15, -0.1) is 0 Å². The lowest BCUT2D eigenvalue weighted by Crippen LogP contribution is -2.28. The molecule has 4 nitrogen and oxygen atoms in total. The molecule has 6 heteroatoms. The topological polar surface area (TPSA) is 62.1 Å². The van der Waals surface area contributed by atoms with Crippen molar-refractivity contribution in [1.29, 1.82) is 5.26 Å². The van der Waals surface area contributed by atoms with Crippen molar-refractivity contribution in [2.24, 2.45) is 0 Å². The van der Waals surface area contributed by atoms with E-state index >= 15 is 0 Å².